The zero-order valence-electron chi connectivity index (χ0n) is 8.72. The summed E-state index contributed by atoms with van der Waals surface area (Å²) in [6.45, 7) is 0.0674. The normalized spacial score (nSPS) is 15.1. The van der Waals surface area contributed by atoms with Gasteiger partial charge >= 0.3 is 0 Å². The molecule has 1 aromatic heterocycles. The number of fused-ring (bicyclic) bond motifs is 1. The van der Waals surface area contributed by atoms with Crippen LogP contribution in [0.25, 0.3) is 0 Å². The molecule has 2 N–H and O–H groups in total. The fraction of sp³-hybridized carbons (Fsp3) is 0.556. The lowest BCUT2D eigenvalue weighted by Crippen LogP contribution is -2.29. The molecular weight excluding hydrogens is 230 g/mol. The Morgan fingerprint density at radius 1 is 1.44 bits per heavy atom. The van der Waals surface area contributed by atoms with Crippen molar-refractivity contribution in [3.63, 3.8) is 0 Å². The van der Waals surface area contributed by atoms with E-state index >= 15 is 0 Å². The molecule has 0 spiro atoms. The summed E-state index contributed by atoms with van der Waals surface area (Å²) in [5, 5.41) is 4.88. The lowest BCUT2D eigenvalue weighted by Gasteiger charge is -2.06. The molecule has 1 heterocycles. The van der Waals surface area contributed by atoms with Gasteiger partial charge in [0.2, 0.25) is 10.0 Å². The first kappa shape index (κ1) is 11.3. The van der Waals surface area contributed by atoms with Crippen LogP contribution in [0.2, 0.25) is 0 Å². The maximum atomic E-state index is 11.9. The van der Waals surface area contributed by atoms with Crippen LogP contribution in [0.1, 0.15) is 17.7 Å². The maximum absolute atomic E-state index is 11.9. The van der Waals surface area contributed by atoms with E-state index < -0.39 is 10.0 Å². The second kappa shape index (κ2) is 3.99. The lowest BCUT2D eigenvalue weighted by molar-refractivity contribution is 0.587. The Kier molecular flexibility index (Phi) is 2.81. The summed E-state index contributed by atoms with van der Waals surface area (Å²) in [5.74, 6) is -0.243. The van der Waals surface area contributed by atoms with Gasteiger partial charge < -0.3 is 0 Å². The zero-order chi connectivity index (χ0) is 11.8. The van der Waals surface area contributed by atoms with Gasteiger partial charge in [-0.1, -0.05) is 0 Å². The Morgan fingerprint density at radius 2 is 2.19 bits per heavy atom. The number of primary sulfonamides is 1. The van der Waals surface area contributed by atoms with Crippen LogP contribution in [-0.2, 0) is 29.4 Å². The van der Waals surface area contributed by atoms with E-state index in [0.717, 1.165) is 30.5 Å². The van der Waals surface area contributed by atoms with E-state index in [2.05, 4.69) is 4.98 Å². The smallest absolute Gasteiger partial charge is 0.256 e. The molecule has 0 aromatic carbocycles. The molecule has 0 amide bonds. The van der Waals surface area contributed by atoms with E-state index in [1.807, 2.05) is 0 Å². The molecule has 1 aromatic rings. The Hall–Kier alpha value is -1.21. The number of aryl methyl sites for hydroxylation is 2. The number of hydrogen-bond donors (Lipinski definition) is 1. The second-order valence-electron chi connectivity index (χ2n) is 3.89. The number of rotatable bonds is 3. The van der Waals surface area contributed by atoms with Gasteiger partial charge in [0.15, 0.2) is 0 Å². The summed E-state index contributed by atoms with van der Waals surface area (Å²) in [4.78, 5) is 16.0. The van der Waals surface area contributed by atoms with Gasteiger partial charge in [-0.25, -0.2) is 18.5 Å². The van der Waals surface area contributed by atoms with Gasteiger partial charge in [0.05, 0.1) is 17.8 Å². The van der Waals surface area contributed by atoms with E-state index in [-0.39, 0.29) is 17.9 Å². The summed E-state index contributed by atoms with van der Waals surface area (Å²) < 4.78 is 22.9. The van der Waals surface area contributed by atoms with E-state index in [9.17, 15) is 13.2 Å². The summed E-state index contributed by atoms with van der Waals surface area (Å²) in [5.41, 5.74) is 1.43. The van der Waals surface area contributed by atoms with Crippen LogP contribution >= 0.6 is 0 Å². The van der Waals surface area contributed by atoms with Crippen molar-refractivity contribution in [2.75, 3.05) is 5.75 Å². The summed E-state index contributed by atoms with van der Waals surface area (Å²) in [7, 11) is -3.54. The third-order valence-electron chi connectivity index (χ3n) is 2.68. The molecule has 0 fully saturated rings. The fourth-order valence-electron chi connectivity index (χ4n) is 1.85. The lowest BCUT2D eigenvalue weighted by atomic mass is 10.2. The van der Waals surface area contributed by atoms with Gasteiger partial charge in [-0.05, 0) is 19.3 Å². The van der Waals surface area contributed by atoms with Crippen molar-refractivity contribution in [3.8, 4) is 0 Å². The number of aromatic nitrogens is 2. The molecule has 1 aliphatic rings. The van der Waals surface area contributed by atoms with Crippen LogP contribution < -0.4 is 10.7 Å². The Bertz CT molecular complexity index is 562. The van der Waals surface area contributed by atoms with Crippen LogP contribution in [0.3, 0.4) is 0 Å². The fourth-order valence-corrected chi connectivity index (χ4v) is 2.30. The van der Waals surface area contributed by atoms with E-state index in [4.69, 9.17) is 5.14 Å². The van der Waals surface area contributed by atoms with Crippen LogP contribution in [0.4, 0.5) is 0 Å². The molecule has 6 nitrogen and oxygen atoms in total. The van der Waals surface area contributed by atoms with Gasteiger partial charge in [-0.3, -0.25) is 9.36 Å². The number of hydrogen-bond acceptors (Lipinski definition) is 4. The molecule has 0 saturated carbocycles. The SMILES string of the molecule is NS(=O)(=O)CCn1cnc2c(c1=O)CCC2. The van der Waals surface area contributed by atoms with E-state index in [0.29, 0.717) is 0 Å². The third kappa shape index (κ3) is 2.30. The summed E-state index contributed by atoms with van der Waals surface area (Å²) in [6, 6.07) is 0. The molecule has 2 rings (SSSR count). The quantitative estimate of drug-likeness (QED) is 0.738. The average molecular weight is 243 g/mol. The standard InChI is InChI=1S/C9H13N3O3S/c10-16(14,15)5-4-12-6-11-8-3-1-2-7(8)9(12)13/h6H,1-5H2,(H2,10,14,15). The molecule has 0 aliphatic heterocycles. The highest BCUT2D eigenvalue weighted by atomic mass is 32.2. The molecule has 0 atom stereocenters. The van der Waals surface area contributed by atoms with Crippen LogP contribution in [0, 0.1) is 0 Å². The van der Waals surface area contributed by atoms with Gasteiger partial charge in [-0.2, -0.15) is 0 Å². The number of nitrogens with two attached hydrogens (primary N) is 1. The predicted octanol–water partition coefficient (Wildman–Crippen LogP) is -0.980. The van der Waals surface area contributed by atoms with Gasteiger partial charge in [-0.15, -0.1) is 0 Å². The maximum Gasteiger partial charge on any atom is 0.256 e. The van der Waals surface area contributed by atoms with Crippen molar-refractivity contribution in [1.29, 1.82) is 0 Å². The second-order valence-corrected chi connectivity index (χ2v) is 5.62. The van der Waals surface area contributed by atoms with Crippen LogP contribution in [0.5, 0.6) is 0 Å². The van der Waals surface area contributed by atoms with Gasteiger partial charge in [0, 0.05) is 12.1 Å². The van der Waals surface area contributed by atoms with Crippen molar-refractivity contribution in [2.24, 2.45) is 5.14 Å². The van der Waals surface area contributed by atoms with Gasteiger partial charge in [0.25, 0.3) is 5.56 Å². The van der Waals surface area contributed by atoms with Crippen molar-refractivity contribution < 1.29 is 8.42 Å². The minimum absolute atomic E-state index is 0.0674. The number of sulfonamides is 1. The molecule has 88 valence electrons. The largest absolute Gasteiger partial charge is 0.298 e. The van der Waals surface area contributed by atoms with Crippen molar-refractivity contribution in [3.05, 3.63) is 27.9 Å². The Morgan fingerprint density at radius 3 is 2.88 bits per heavy atom. The van der Waals surface area contributed by atoms with Crippen molar-refractivity contribution in [2.45, 2.75) is 25.8 Å². The zero-order valence-corrected chi connectivity index (χ0v) is 9.53. The molecule has 1 aliphatic carbocycles. The van der Waals surface area contributed by atoms with Crippen molar-refractivity contribution in [1.82, 2.24) is 9.55 Å². The number of nitrogens with zero attached hydrogens (tertiary/aromatic N) is 2. The highest BCUT2D eigenvalue weighted by Gasteiger charge is 2.17. The van der Waals surface area contributed by atoms with Crippen molar-refractivity contribution >= 4 is 10.0 Å². The summed E-state index contributed by atoms with van der Waals surface area (Å²) in [6.07, 6.45) is 3.91. The van der Waals surface area contributed by atoms with E-state index in [1.165, 1.54) is 10.9 Å². The monoisotopic (exact) mass is 243 g/mol. The molecule has 16 heavy (non-hydrogen) atoms. The predicted molar refractivity (Wildman–Crippen MR) is 58.5 cm³/mol. The summed E-state index contributed by atoms with van der Waals surface area (Å²) >= 11 is 0. The molecule has 0 saturated heterocycles. The van der Waals surface area contributed by atoms with Crippen LogP contribution in [0.15, 0.2) is 11.1 Å². The molecular formula is C9H13N3O3S. The third-order valence-corrected chi connectivity index (χ3v) is 3.43. The first-order valence-electron chi connectivity index (χ1n) is 5.05. The average Bonchev–Trinajstić information content (AvgIpc) is 2.64. The highest BCUT2D eigenvalue weighted by molar-refractivity contribution is 7.89. The minimum atomic E-state index is -3.54. The first-order valence-corrected chi connectivity index (χ1v) is 6.76. The first-order chi connectivity index (χ1) is 7.47. The Labute approximate surface area is 93.2 Å². The van der Waals surface area contributed by atoms with E-state index in [1.54, 1.807) is 0 Å². The van der Waals surface area contributed by atoms with Gasteiger partial charge in [0.1, 0.15) is 0 Å². The molecule has 0 radical (unpaired) electrons. The highest BCUT2D eigenvalue weighted by Crippen LogP contribution is 2.14. The molecule has 0 bridgehead atoms. The topological polar surface area (TPSA) is 95.1 Å². The van der Waals surface area contributed by atoms with Crippen LogP contribution in [-0.4, -0.2) is 23.7 Å². The minimum Gasteiger partial charge on any atom is -0.298 e. The molecule has 0 unspecified atom stereocenters. The molecule has 7 heteroatoms. The Balaban J connectivity index is 2.27.